The summed E-state index contributed by atoms with van der Waals surface area (Å²) in [5, 5.41) is 3.61. The van der Waals surface area contributed by atoms with Gasteiger partial charge in [-0.2, -0.15) is 0 Å². The Kier molecular flexibility index (Phi) is 4.28. The van der Waals surface area contributed by atoms with Gasteiger partial charge in [0.2, 0.25) is 11.6 Å². The third kappa shape index (κ3) is 3.05. The molecule has 2 aromatic rings. The van der Waals surface area contributed by atoms with E-state index in [1.165, 1.54) is 37.7 Å². The minimum atomic E-state index is -0.0848. The van der Waals surface area contributed by atoms with Crippen LogP contribution in [0.2, 0.25) is 0 Å². The molecule has 1 aromatic carbocycles. The van der Waals surface area contributed by atoms with Gasteiger partial charge in [-0.3, -0.25) is 4.79 Å². The lowest BCUT2D eigenvalue weighted by molar-refractivity contribution is 0.102. The number of nitrogens with one attached hydrogen (secondary N) is 1. The second kappa shape index (κ2) is 6.71. The topological polar surface area (TPSA) is 54.9 Å². The van der Waals surface area contributed by atoms with Gasteiger partial charge in [0.05, 0.1) is 0 Å². The standard InChI is InChI=1S/C20H23N3O/c24-18(14-8-2-1-3-9-14)20-22-17-13-7-6-12-16(17)19(23-20)21-15-10-4-5-11-15/h1-3,8-9,15H,4-7,10-13H2,(H,21,22,23). The number of rotatable bonds is 4. The number of carbonyl (C=O) groups excluding carboxylic acids is 1. The number of hydrogen-bond donors (Lipinski definition) is 1. The lowest BCUT2D eigenvalue weighted by Gasteiger charge is -2.22. The van der Waals surface area contributed by atoms with Crippen molar-refractivity contribution < 1.29 is 4.79 Å². The maximum absolute atomic E-state index is 12.8. The van der Waals surface area contributed by atoms with Crippen LogP contribution in [0, 0.1) is 0 Å². The summed E-state index contributed by atoms with van der Waals surface area (Å²) in [5.74, 6) is 1.16. The lowest BCUT2D eigenvalue weighted by atomic mass is 9.95. The Hall–Kier alpha value is -2.23. The second-order valence-corrected chi connectivity index (χ2v) is 6.85. The van der Waals surface area contributed by atoms with Crippen LogP contribution < -0.4 is 5.32 Å². The average Bonchev–Trinajstić information content (AvgIpc) is 3.15. The number of hydrogen-bond acceptors (Lipinski definition) is 4. The molecule has 1 fully saturated rings. The summed E-state index contributed by atoms with van der Waals surface area (Å²) in [7, 11) is 0. The van der Waals surface area contributed by atoms with Crippen LogP contribution in [0.5, 0.6) is 0 Å². The number of benzene rings is 1. The zero-order valence-electron chi connectivity index (χ0n) is 13.9. The molecule has 1 N–H and O–H groups in total. The van der Waals surface area contributed by atoms with Gasteiger partial charge in [0, 0.05) is 22.9 Å². The summed E-state index contributed by atoms with van der Waals surface area (Å²) in [6.45, 7) is 0. The fourth-order valence-corrected chi connectivity index (χ4v) is 3.80. The van der Waals surface area contributed by atoms with Crippen molar-refractivity contribution >= 4 is 11.6 Å². The molecule has 0 amide bonds. The first-order valence-corrected chi connectivity index (χ1v) is 9.07. The number of fused-ring (bicyclic) bond motifs is 1. The van der Waals surface area contributed by atoms with Gasteiger partial charge in [-0.15, -0.1) is 0 Å². The summed E-state index contributed by atoms with van der Waals surface area (Å²) in [6.07, 6.45) is 9.24. The van der Waals surface area contributed by atoms with Gasteiger partial charge in [-0.05, 0) is 38.5 Å². The van der Waals surface area contributed by atoms with Crippen LogP contribution in [0.15, 0.2) is 30.3 Å². The van der Waals surface area contributed by atoms with E-state index in [2.05, 4.69) is 15.3 Å². The monoisotopic (exact) mass is 321 g/mol. The zero-order chi connectivity index (χ0) is 16.4. The Morgan fingerprint density at radius 1 is 0.958 bits per heavy atom. The molecular formula is C20H23N3O. The third-order valence-corrected chi connectivity index (χ3v) is 5.12. The van der Waals surface area contributed by atoms with Crippen LogP contribution in [0.3, 0.4) is 0 Å². The predicted octanol–water partition coefficient (Wildman–Crippen LogP) is 3.94. The van der Waals surface area contributed by atoms with Crippen LogP contribution in [-0.4, -0.2) is 21.8 Å². The highest BCUT2D eigenvalue weighted by Gasteiger charge is 2.24. The predicted molar refractivity (Wildman–Crippen MR) is 94.4 cm³/mol. The molecule has 0 radical (unpaired) electrons. The quantitative estimate of drug-likeness (QED) is 0.867. The minimum Gasteiger partial charge on any atom is -0.367 e. The second-order valence-electron chi connectivity index (χ2n) is 6.85. The van der Waals surface area contributed by atoms with E-state index in [1.54, 1.807) is 0 Å². The minimum absolute atomic E-state index is 0.0848. The van der Waals surface area contributed by atoms with Crippen LogP contribution in [0.25, 0.3) is 0 Å². The summed E-state index contributed by atoms with van der Waals surface area (Å²) >= 11 is 0. The molecule has 2 aliphatic rings. The number of ketones is 1. The van der Waals surface area contributed by atoms with Crippen molar-refractivity contribution in [1.29, 1.82) is 0 Å². The molecule has 1 saturated carbocycles. The Bertz CT molecular complexity index is 736. The van der Waals surface area contributed by atoms with E-state index in [0.29, 0.717) is 17.4 Å². The number of aromatic nitrogens is 2. The molecule has 1 heterocycles. The highest BCUT2D eigenvalue weighted by atomic mass is 16.1. The van der Waals surface area contributed by atoms with Gasteiger partial charge in [0.1, 0.15) is 5.82 Å². The van der Waals surface area contributed by atoms with Crippen molar-refractivity contribution in [3.05, 3.63) is 53.0 Å². The Morgan fingerprint density at radius 3 is 2.50 bits per heavy atom. The molecule has 4 rings (SSSR count). The Labute approximate surface area is 142 Å². The summed E-state index contributed by atoms with van der Waals surface area (Å²) < 4.78 is 0. The van der Waals surface area contributed by atoms with Crippen LogP contribution >= 0.6 is 0 Å². The van der Waals surface area contributed by atoms with Gasteiger partial charge < -0.3 is 5.32 Å². The highest BCUT2D eigenvalue weighted by Crippen LogP contribution is 2.29. The van der Waals surface area contributed by atoms with E-state index in [4.69, 9.17) is 0 Å². The smallest absolute Gasteiger partial charge is 0.230 e. The van der Waals surface area contributed by atoms with Crippen molar-refractivity contribution in [2.24, 2.45) is 0 Å². The van der Waals surface area contributed by atoms with Crippen molar-refractivity contribution in [3.8, 4) is 0 Å². The molecule has 4 nitrogen and oxygen atoms in total. The fourth-order valence-electron chi connectivity index (χ4n) is 3.80. The van der Waals surface area contributed by atoms with Crippen molar-refractivity contribution in [2.75, 3.05) is 5.32 Å². The molecular weight excluding hydrogens is 298 g/mol. The number of anilines is 1. The van der Waals surface area contributed by atoms with Crippen molar-refractivity contribution in [3.63, 3.8) is 0 Å². The third-order valence-electron chi connectivity index (χ3n) is 5.12. The van der Waals surface area contributed by atoms with E-state index in [9.17, 15) is 4.79 Å². The SMILES string of the molecule is O=C(c1ccccc1)c1nc2c(c(NC3CCCC3)n1)CCCC2. The summed E-state index contributed by atoms with van der Waals surface area (Å²) in [4.78, 5) is 22.0. The molecule has 0 bridgehead atoms. The number of aryl methyl sites for hydroxylation is 1. The molecule has 0 aliphatic heterocycles. The molecule has 124 valence electrons. The number of carbonyl (C=O) groups is 1. The largest absolute Gasteiger partial charge is 0.367 e. The molecule has 0 saturated heterocycles. The summed E-state index contributed by atoms with van der Waals surface area (Å²) in [5.41, 5.74) is 2.95. The Morgan fingerprint density at radius 2 is 1.71 bits per heavy atom. The maximum Gasteiger partial charge on any atom is 0.230 e. The van der Waals surface area contributed by atoms with Crippen LogP contribution in [0.4, 0.5) is 5.82 Å². The van der Waals surface area contributed by atoms with Gasteiger partial charge in [0.25, 0.3) is 0 Å². The molecule has 1 aromatic heterocycles. The molecule has 0 spiro atoms. The van der Waals surface area contributed by atoms with E-state index in [-0.39, 0.29) is 5.78 Å². The highest BCUT2D eigenvalue weighted by molar-refractivity contribution is 6.06. The maximum atomic E-state index is 12.8. The van der Waals surface area contributed by atoms with Crippen LogP contribution in [-0.2, 0) is 12.8 Å². The van der Waals surface area contributed by atoms with E-state index in [0.717, 1.165) is 30.8 Å². The van der Waals surface area contributed by atoms with Gasteiger partial charge in [-0.25, -0.2) is 9.97 Å². The number of nitrogens with zero attached hydrogens (tertiary/aromatic N) is 2. The van der Waals surface area contributed by atoms with E-state index < -0.39 is 0 Å². The Balaban J connectivity index is 1.70. The molecule has 0 atom stereocenters. The average molecular weight is 321 g/mol. The first-order chi connectivity index (χ1) is 11.8. The summed E-state index contributed by atoms with van der Waals surface area (Å²) in [6, 6.07) is 9.82. The lowest BCUT2D eigenvalue weighted by Crippen LogP contribution is -2.22. The molecule has 2 aliphatic carbocycles. The van der Waals surface area contributed by atoms with Gasteiger partial charge in [-0.1, -0.05) is 43.2 Å². The first-order valence-electron chi connectivity index (χ1n) is 9.07. The van der Waals surface area contributed by atoms with Crippen molar-refractivity contribution in [2.45, 2.75) is 57.4 Å². The zero-order valence-corrected chi connectivity index (χ0v) is 13.9. The molecule has 24 heavy (non-hydrogen) atoms. The first kappa shape index (κ1) is 15.3. The normalized spacial score (nSPS) is 17.5. The van der Waals surface area contributed by atoms with Crippen LogP contribution in [0.1, 0.15) is 66.0 Å². The van der Waals surface area contributed by atoms with Gasteiger partial charge in [0.15, 0.2) is 0 Å². The van der Waals surface area contributed by atoms with Crippen molar-refractivity contribution in [1.82, 2.24) is 9.97 Å². The molecule has 4 heteroatoms. The van der Waals surface area contributed by atoms with E-state index in [1.807, 2.05) is 30.3 Å². The van der Waals surface area contributed by atoms with E-state index >= 15 is 0 Å². The fraction of sp³-hybridized carbons (Fsp3) is 0.450. The molecule has 0 unspecified atom stereocenters. The van der Waals surface area contributed by atoms with Gasteiger partial charge >= 0.3 is 0 Å².